The van der Waals surface area contributed by atoms with Crippen molar-refractivity contribution in [3.63, 3.8) is 0 Å². The molecule has 3 aliphatic rings. The summed E-state index contributed by atoms with van der Waals surface area (Å²) < 4.78 is 12.1. The van der Waals surface area contributed by atoms with Crippen molar-refractivity contribution in [3.8, 4) is 5.75 Å². The van der Waals surface area contributed by atoms with Crippen LogP contribution in [0.4, 0.5) is 5.69 Å². The molecule has 0 aliphatic carbocycles. The van der Waals surface area contributed by atoms with Crippen LogP contribution >= 0.6 is 0 Å². The summed E-state index contributed by atoms with van der Waals surface area (Å²) in [7, 11) is 0. The molecule has 198 valence electrons. The minimum Gasteiger partial charge on any atom is -0.494 e. The maximum atomic E-state index is 13.9. The molecule has 1 aromatic carbocycles. The number of rotatable bonds is 10. The highest BCUT2D eigenvalue weighted by Gasteiger charge is 2.78. The van der Waals surface area contributed by atoms with Crippen molar-refractivity contribution in [2.45, 2.75) is 89.6 Å². The zero-order chi connectivity index (χ0) is 26.3. The smallest absolute Gasteiger partial charge is 0.246 e. The molecule has 3 aliphatic heterocycles. The molecule has 3 fully saturated rings. The second kappa shape index (κ2) is 10.0. The third kappa shape index (κ3) is 4.26. The molecule has 1 aromatic rings. The zero-order valence-corrected chi connectivity index (χ0v) is 21.9. The Morgan fingerprint density at radius 3 is 2.50 bits per heavy atom. The topological polar surface area (TPSA) is 117 Å². The predicted molar refractivity (Wildman–Crippen MR) is 134 cm³/mol. The highest BCUT2D eigenvalue weighted by atomic mass is 16.5. The summed E-state index contributed by atoms with van der Waals surface area (Å²) in [6.07, 6.45) is 2.79. The minimum atomic E-state index is -1.11. The molecule has 1 spiro atoms. The summed E-state index contributed by atoms with van der Waals surface area (Å²) in [4.78, 5) is 42.6. The number of carbonyl (C=O) groups excluding carboxylic acids is 3. The fraction of sp³-hybridized carbons (Fsp3) is 0.667. The number of anilines is 1. The van der Waals surface area contributed by atoms with E-state index < -0.39 is 35.1 Å². The monoisotopic (exact) mass is 501 g/mol. The number of nitrogens with zero attached hydrogens (tertiary/aromatic N) is 1. The van der Waals surface area contributed by atoms with Crippen molar-refractivity contribution in [2.75, 3.05) is 18.5 Å². The van der Waals surface area contributed by atoms with E-state index in [-0.39, 0.29) is 30.4 Å². The summed E-state index contributed by atoms with van der Waals surface area (Å²) in [5.41, 5.74) is -1.37. The van der Waals surface area contributed by atoms with Gasteiger partial charge in [0.1, 0.15) is 17.4 Å². The van der Waals surface area contributed by atoms with Gasteiger partial charge in [0.25, 0.3) is 0 Å². The van der Waals surface area contributed by atoms with Gasteiger partial charge in [-0.1, -0.05) is 13.3 Å². The summed E-state index contributed by atoms with van der Waals surface area (Å²) in [6, 6.07) is 5.54. The Labute approximate surface area is 212 Å². The van der Waals surface area contributed by atoms with Crippen LogP contribution in [-0.2, 0) is 19.1 Å². The third-order valence-corrected chi connectivity index (χ3v) is 8.03. The number of hydrogen-bond donors (Lipinski definition) is 3. The molecular formula is C27H39N3O6. The van der Waals surface area contributed by atoms with Crippen LogP contribution in [0.15, 0.2) is 24.3 Å². The van der Waals surface area contributed by atoms with Gasteiger partial charge < -0.3 is 30.1 Å². The van der Waals surface area contributed by atoms with Gasteiger partial charge in [-0.15, -0.1) is 0 Å². The van der Waals surface area contributed by atoms with E-state index in [1.807, 2.05) is 27.7 Å². The molecule has 2 bridgehead atoms. The first kappa shape index (κ1) is 26.4. The van der Waals surface area contributed by atoms with Crippen LogP contribution in [0.2, 0.25) is 0 Å². The molecule has 3 saturated heterocycles. The number of carbonyl (C=O) groups is 3. The fourth-order valence-corrected chi connectivity index (χ4v) is 6.47. The summed E-state index contributed by atoms with van der Waals surface area (Å²) >= 11 is 0. The standard InChI is InChI=1S/C27H39N3O6/c1-6-8-16(3)28-24(33)22-27-14-13-26(5,36-27)20(21(27)25(34)30(22)17(4)15-31)23(32)29-18-9-11-19(12-10-18)35-7-2/h9-12,16-17,20-22,31H,6-8,13-15H2,1-5H3,(H,28,33)(H,29,32)/t16?,17-,20-,21+,22?,26+,27?/m1/s1. The Hall–Kier alpha value is -2.65. The van der Waals surface area contributed by atoms with Gasteiger partial charge in [-0.3, -0.25) is 14.4 Å². The van der Waals surface area contributed by atoms with Crippen LogP contribution in [0.3, 0.4) is 0 Å². The van der Waals surface area contributed by atoms with Crippen molar-refractivity contribution in [1.82, 2.24) is 10.2 Å². The van der Waals surface area contributed by atoms with E-state index in [1.54, 1.807) is 31.2 Å². The van der Waals surface area contributed by atoms with E-state index in [1.165, 1.54) is 4.90 Å². The molecule has 9 heteroatoms. The quantitative estimate of drug-likeness (QED) is 0.454. The van der Waals surface area contributed by atoms with Gasteiger partial charge in [-0.2, -0.15) is 0 Å². The molecular weight excluding hydrogens is 462 g/mol. The fourth-order valence-electron chi connectivity index (χ4n) is 6.47. The number of nitrogens with one attached hydrogen (secondary N) is 2. The van der Waals surface area contributed by atoms with Crippen molar-refractivity contribution in [3.05, 3.63) is 24.3 Å². The van der Waals surface area contributed by atoms with Gasteiger partial charge in [-0.05, 0) is 71.2 Å². The van der Waals surface area contributed by atoms with Crippen LogP contribution in [0.5, 0.6) is 5.75 Å². The van der Waals surface area contributed by atoms with Gasteiger partial charge in [0.05, 0.1) is 36.7 Å². The molecule has 0 saturated carbocycles. The highest BCUT2D eigenvalue weighted by Crippen LogP contribution is 2.63. The average Bonchev–Trinajstić information content (AvgIpc) is 3.40. The Kier molecular flexibility index (Phi) is 7.35. The van der Waals surface area contributed by atoms with Gasteiger partial charge >= 0.3 is 0 Å². The lowest BCUT2D eigenvalue weighted by Gasteiger charge is -2.36. The Morgan fingerprint density at radius 2 is 1.89 bits per heavy atom. The Balaban J connectivity index is 1.65. The number of likely N-dealkylation sites (tertiary alicyclic amines) is 1. The minimum absolute atomic E-state index is 0.0627. The molecule has 3 N–H and O–H groups in total. The summed E-state index contributed by atoms with van der Waals surface area (Å²) in [5, 5.41) is 15.9. The molecule has 3 heterocycles. The van der Waals surface area contributed by atoms with Crippen molar-refractivity contribution >= 4 is 23.4 Å². The largest absolute Gasteiger partial charge is 0.494 e. The van der Waals surface area contributed by atoms with E-state index in [0.717, 1.165) is 12.8 Å². The molecule has 36 heavy (non-hydrogen) atoms. The first-order valence-electron chi connectivity index (χ1n) is 13.1. The van der Waals surface area contributed by atoms with Crippen LogP contribution in [0, 0.1) is 11.8 Å². The number of fused-ring (bicyclic) bond motifs is 1. The van der Waals surface area contributed by atoms with E-state index >= 15 is 0 Å². The number of hydrogen-bond acceptors (Lipinski definition) is 6. The van der Waals surface area contributed by atoms with Crippen molar-refractivity contribution < 1.29 is 29.0 Å². The molecule has 0 aromatic heterocycles. The molecule has 3 amide bonds. The van der Waals surface area contributed by atoms with E-state index in [4.69, 9.17) is 9.47 Å². The highest BCUT2D eigenvalue weighted by molar-refractivity contribution is 6.02. The van der Waals surface area contributed by atoms with Crippen LogP contribution in [-0.4, -0.2) is 70.3 Å². The molecule has 3 unspecified atom stereocenters. The van der Waals surface area contributed by atoms with Crippen LogP contribution < -0.4 is 15.4 Å². The summed E-state index contributed by atoms with van der Waals surface area (Å²) in [5.74, 6) is -1.76. The maximum Gasteiger partial charge on any atom is 0.246 e. The second-order valence-corrected chi connectivity index (χ2v) is 10.6. The lowest BCUT2D eigenvalue weighted by Crippen LogP contribution is -2.58. The molecule has 4 rings (SSSR count). The lowest BCUT2D eigenvalue weighted by atomic mass is 9.66. The first-order valence-corrected chi connectivity index (χ1v) is 13.1. The number of aliphatic hydroxyl groups excluding tert-OH is 1. The van der Waals surface area contributed by atoms with Crippen molar-refractivity contribution in [1.29, 1.82) is 0 Å². The van der Waals surface area contributed by atoms with E-state index in [0.29, 0.717) is 30.9 Å². The van der Waals surface area contributed by atoms with Gasteiger partial charge in [0, 0.05) is 11.7 Å². The van der Waals surface area contributed by atoms with Gasteiger partial charge in [0.15, 0.2) is 0 Å². The third-order valence-electron chi connectivity index (χ3n) is 8.03. The number of ether oxygens (including phenoxy) is 2. The van der Waals surface area contributed by atoms with E-state index in [9.17, 15) is 19.5 Å². The Bertz CT molecular complexity index is 1000. The molecule has 0 radical (unpaired) electrons. The van der Waals surface area contributed by atoms with Gasteiger partial charge in [0.2, 0.25) is 17.7 Å². The first-order chi connectivity index (χ1) is 17.1. The lowest BCUT2D eigenvalue weighted by molar-refractivity contribution is -0.148. The maximum absolute atomic E-state index is 13.9. The second-order valence-electron chi connectivity index (χ2n) is 10.6. The normalized spacial score (nSPS) is 32.2. The predicted octanol–water partition coefficient (Wildman–Crippen LogP) is 2.47. The zero-order valence-electron chi connectivity index (χ0n) is 21.9. The number of aliphatic hydroxyl groups is 1. The Morgan fingerprint density at radius 1 is 1.19 bits per heavy atom. The molecule has 9 nitrogen and oxygen atoms in total. The summed E-state index contributed by atoms with van der Waals surface area (Å²) in [6.45, 7) is 9.73. The van der Waals surface area contributed by atoms with Crippen LogP contribution in [0.25, 0.3) is 0 Å². The van der Waals surface area contributed by atoms with Crippen molar-refractivity contribution in [2.24, 2.45) is 11.8 Å². The SMILES string of the molecule is CCCC(C)NC(=O)C1N([C@H](C)CO)C(=O)[C@@H]2[C@H](C(=O)Nc3ccc(OCC)cc3)[C@]3(C)CCC12O3. The van der Waals surface area contributed by atoms with Crippen LogP contribution in [0.1, 0.15) is 60.3 Å². The number of benzene rings is 1. The van der Waals surface area contributed by atoms with E-state index in [2.05, 4.69) is 10.6 Å². The molecule has 7 atom stereocenters. The number of amides is 3. The average molecular weight is 502 g/mol. The van der Waals surface area contributed by atoms with Gasteiger partial charge in [-0.25, -0.2) is 0 Å².